The lowest BCUT2D eigenvalue weighted by molar-refractivity contribution is 0.0953. The van der Waals surface area contributed by atoms with E-state index in [1.807, 2.05) is 55.6 Å². The molecule has 2 aromatic carbocycles. The maximum absolute atomic E-state index is 12.8. The van der Waals surface area contributed by atoms with Gasteiger partial charge in [0, 0.05) is 36.1 Å². The van der Waals surface area contributed by atoms with E-state index in [2.05, 4.69) is 20.6 Å². The number of nitrogens with one attached hydrogen (secondary N) is 1. The van der Waals surface area contributed by atoms with Crippen LogP contribution < -0.4 is 10.1 Å². The van der Waals surface area contributed by atoms with Crippen LogP contribution in [-0.4, -0.2) is 39.5 Å². The number of nitrogens with zero attached hydrogens (tertiary/aromatic N) is 4. The van der Waals surface area contributed by atoms with Gasteiger partial charge in [0.15, 0.2) is 0 Å². The summed E-state index contributed by atoms with van der Waals surface area (Å²) >= 11 is 0. The molecule has 1 N–H and O–H groups in total. The molecule has 0 fully saturated rings. The third kappa shape index (κ3) is 3.80. The Balaban J connectivity index is 1.66. The molecule has 0 aliphatic carbocycles. The van der Waals surface area contributed by atoms with Gasteiger partial charge in [-0.3, -0.25) is 9.48 Å². The third-order valence-electron chi connectivity index (χ3n) is 4.85. The van der Waals surface area contributed by atoms with Gasteiger partial charge in [-0.2, -0.15) is 0 Å². The molecular weight excluding hydrogens is 366 g/mol. The second-order valence-electron chi connectivity index (χ2n) is 6.67. The number of methoxy groups -OCH3 is 1. The zero-order chi connectivity index (χ0) is 20.2. The Morgan fingerprint density at radius 2 is 1.97 bits per heavy atom. The van der Waals surface area contributed by atoms with Gasteiger partial charge in [-0.15, -0.1) is 5.10 Å². The summed E-state index contributed by atoms with van der Waals surface area (Å²) in [5.74, 6) is 0.469. The van der Waals surface area contributed by atoms with Crippen LogP contribution in [0.5, 0.6) is 5.88 Å². The van der Waals surface area contributed by atoms with Crippen LogP contribution in [0.25, 0.3) is 21.9 Å². The fourth-order valence-corrected chi connectivity index (χ4v) is 3.39. The van der Waals surface area contributed by atoms with E-state index in [9.17, 15) is 4.79 Å². The standard InChI is InChI=1S/C22H21N5O2/c1-15-13-21(29-2)24-14-20(15)18-7-8-19(17-6-4-3-5-16(17)18)22(28)23-9-11-27-12-10-25-26-27/h3-8,10,12-14H,9,11H2,1-2H3,(H,23,28). The fraction of sp³-hybridized carbons (Fsp3) is 0.182. The molecule has 0 saturated carbocycles. The molecule has 1 amide bonds. The second-order valence-corrected chi connectivity index (χ2v) is 6.67. The first kappa shape index (κ1) is 18.6. The highest BCUT2D eigenvalue weighted by Gasteiger charge is 2.14. The van der Waals surface area contributed by atoms with Gasteiger partial charge in [-0.1, -0.05) is 35.5 Å². The van der Waals surface area contributed by atoms with Gasteiger partial charge < -0.3 is 10.1 Å². The normalized spacial score (nSPS) is 10.8. The van der Waals surface area contributed by atoms with Crippen LogP contribution in [0.4, 0.5) is 0 Å². The van der Waals surface area contributed by atoms with Gasteiger partial charge >= 0.3 is 0 Å². The highest BCUT2D eigenvalue weighted by atomic mass is 16.5. The number of carbonyl (C=O) groups excluding carboxylic acids is 1. The molecule has 0 spiro atoms. The van der Waals surface area contributed by atoms with Gasteiger partial charge in [0.05, 0.1) is 19.9 Å². The van der Waals surface area contributed by atoms with E-state index < -0.39 is 0 Å². The number of pyridine rings is 1. The molecule has 0 atom stereocenters. The van der Waals surface area contributed by atoms with Crippen molar-refractivity contribution in [2.75, 3.05) is 13.7 Å². The summed E-state index contributed by atoms with van der Waals surface area (Å²) in [5, 5.41) is 12.5. The molecule has 0 aliphatic rings. The van der Waals surface area contributed by atoms with Crippen LogP contribution in [0, 0.1) is 6.92 Å². The van der Waals surface area contributed by atoms with Crippen LogP contribution >= 0.6 is 0 Å². The molecule has 146 valence electrons. The predicted molar refractivity (Wildman–Crippen MR) is 111 cm³/mol. The van der Waals surface area contributed by atoms with Crippen molar-refractivity contribution >= 4 is 16.7 Å². The molecule has 0 bridgehead atoms. The number of ether oxygens (including phenoxy) is 1. The molecule has 0 unspecified atom stereocenters. The van der Waals surface area contributed by atoms with E-state index in [0.29, 0.717) is 24.5 Å². The van der Waals surface area contributed by atoms with Crippen LogP contribution in [0.3, 0.4) is 0 Å². The minimum atomic E-state index is -0.113. The van der Waals surface area contributed by atoms with Crippen molar-refractivity contribution in [2.24, 2.45) is 0 Å². The van der Waals surface area contributed by atoms with Crippen molar-refractivity contribution < 1.29 is 9.53 Å². The number of hydrogen-bond acceptors (Lipinski definition) is 5. The number of carbonyl (C=O) groups is 1. The third-order valence-corrected chi connectivity index (χ3v) is 4.85. The number of benzene rings is 2. The Kier molecular flexibility index (Phi) is 5.20. The molecule has 29 heavy (non-hydrogen) atoms. The summed E-state index contributed by atoms with van der Waals surface area (Å²) in [7, 11) is 1.60. The number of fused-ring (bicyclic) bond motifs is 1. The Hall–Kier alpha value is -3.74. The largest absolute Gasteiger partial charge is 0.481 e. The molecule has 7 nitrogen and oxygen atoms in total. The minimum Gasteiger partial charge on any atom is -0.481 e. The Labute approximate surface area is 168 Å². The Bertz CT molecular complexity index is 1160. The van der Waals surface area contributed by atoms with Crippen LogP contribution in [0.15, 0.2) is 61.1 Å². The number of rotatable bonds is 6. The maximum Gasteiger partial charge on any atom is 0.251 e. The van der Waals surface area contributed by atoms with E-state index in [0.717, 1.165) is 27.5 Å². The first-order valence-electron chi connectivity index (χ1n) is 9.32. The van der Waals surface area contributed by atoms with Gasteiger partial charge in [-0.05, 0) is 34.9 Å². The average Bonchev–Trinajstić information content (AvgIpc) is 3.26. The molecular formula is C22H21N5O2. The number of amides is 1. The molecule has 2 aromatic heterocycles. The molecule has 4 aromatic rings. The van der Waals surface area contributed by atoms with Crippen molar-refractivity contribution in [1.82, 2.24) is 25.3 Å². The van der Waals surface area contributed by atoms with E-state index in [1.54, 1.807) is 24.2 Å². The zero-order valence-corrected chi connectivity index (χ0v) is 16.3. The van der Waals surface area contributed by atoms with Crippen molar-refractivity contribution in [3.8, 4) is 17.0 Å². The number of aryl methyl sites for hydroxylation is 1. The second kappa shape index (κ2) is 8.10. The SMILES string of the molecule is COc1cc(C)c(-c2ccc(C(=O)NCCn3ccnn3)c3ccccc23)cn1. The molecule has 0 aliphatic heterocycles. The quantitative estimate of drug-likeness (QED) is 0.549. The summed E-state index contributed by atoms with van der Waals surface area (Å²) < 4.78 is 6.90. The highest BCUT2D eigenvalue weighted by Crippen LogP contribution is 2.33. The van der Waals surface area contributed by atoms with E-state index in [-0.39, 0.29) is 5.91 Å². The summed E-state index contributed by atoms with van der Waals surface area (Å²) in [6.07, 6.45) is 5.19. The lowest BCUT2D eigenvalue weighted by atomic mass is 9.93. The predicted octanol–water partition coefficient (Wildman–Crippen LogP) is 3.24. The smallest absolute Gasteiger partial charge is 0.251 e. The molecule has 2 heterocycles. The zero-order valence-electron chi connectivity index (χ0n) is 16.3. The average molecular weight is 387 g/mol. The first-order chi connectivity index (χ1) is 14.2. The lowest BCUT2D eigenvalue weighted by Crippen LogP contribution is -2.27. The highest BCUT2D eigenvalue weighted by molar-refractivity contribution is 6.11. The summed E-state index contributed by atoms with van der Waals surface area (Å²) in [6.45, 7) is 3.07. The number of aromatic nitrogens is 4. The maximum atomic E-state index is 12.8. The van der Waals surface area contributed by atoms with E-state index in [4.69, 9.17) is 4.74 Å². The van der Waals surface area contributed by atoms with E-state index >= 15 is 0 Å². The van der Waals surface area contributed by atoms with Crippen LogP contribution in [0.2, 0.25) is 0 Å². The summed E-state index contributed by atoms with van der Waals surface area (Å²) in [5.41, 5.74) is 3.75. The van der Waals surface area contributed by atoms with Crippen molar-refractivity contribution in [3.63, 3.8) is 0 Å². The van der Waals surface area contributed by atoms with Crippen LogP contribution in [0.1, 0.15) is 15.9 Å². The Morgan fingerprint density at radius 3 is 2.69 bits per heavy atom. The minimum absolute atomic E-state index is 0.113. The lowest BCUT2D eigenvalue weighted by Gasteiger charge is -2.14. The molecule has 0 saturated heterocycles. The topological polar surface area (TPSA) is 81.9 Å². The van der Waals surface area contributed by atoms with E-state index in [1.165, 1.54) is 0 Å². The van der Waals surface area contributed by atoms with Gasteiger partial charge in [0.25, 0.3) is 5.91 Å². The monoisotopic (exact) mass is 387 g/mol. The Morgan fingerprint density at radius 1 is 1.14 bits per heavy atom. The fourth-order valence-electron chi connectivity index (χ4n) is 3.39. The van der Waals surface area contributed by atoms with Crippen LogP contribution in [-0.2, 0) is 6.54 Å². The number of hydrogen-bond donors (Lipinski definition) is 1. The van der Waals surface area contributed by atoms with Gasteiger partial charge in [-0.25, -0.2) is 4.98 Å². The van der Waals surface area contributed by atoms with Gasteiger partial charge in [0.1, 0.15) is 0 Å². The molecule has 0 radical (unpaired) electrons. The molecule has 7 heteroatoms. The summed E-state index contributed by atoms with van der Waals surface area (Å²) in [6, 6.07) is 13.7. The first-order valence-corrected chi connectivity index (χ1v) is 9.32. The van der Waals surface area contributed by atoms with Crippen molar-refractivity contribution in [1.29, 1.82) is 0 Å². The van der Waals surface area contributed by atoms with Gasteiger partial charge in [0.2, 0.25) is 5.88 Å². The van der Waals surface area contributed by atoms with Crippen molar-refractivity contribution in [3.05, 3.63) is 72.2 Å². The summed E-state index contributed by atoms with van der Waals surface area (Å²) in [4.78, 5) is 17.1. The molecule has 4 rings (SSSR count). The van der Waals surface area contributed by atoms with Crippen molar-refractivity contribution in [2.45, 2.75) is 13.5 Å².